The van der Waals surface area contributed by atoms with Crippen LogP contribution in [0.2, 0.25) is 0 Å². The van der Waals surface area contributed by atoms with Crippen LogP contribution in [0.5, 0.6) is 5.88 Å². The molecule has 15 heteroatoms. The van der Waals surface area contributed by atoms with Crippen molar-refractivity contribution in [2.24, 2.45) is 0 Å². The molecule has 2 aliphatic rings. The Morgan fingerprint density at radius 1 is 0.957 bits per heavy atom. The molecule has 2 fully saturated rings. The average Bonchev–Trinajstić information content (AvgIpc) is 3.42. The van der Waals surface area contributed by atoms with E-state index >= 15 is 0 Å². The molecule has 2 saturated heterocycles. The molecule has 0 unspecified atom stereocenters. The highest BCUT2D eigenvalue weighted by atomic mass is 32.2. The van der Waals surface area contributed by atoms with Crippen molar-refractivity contribution >= 4 is 21.1 Å². The highest BCUT2D eigenvalue weighted by Crippen LogP contribution is 2.35. The van der Waals surface area contributed by atoms with Gasteiger partial charge in [-0.05, 0) is 31.2 Å². The van der Waals surface area contributed by atoms with Crippen molar-refractivity contribution < 1.29 is 17.9 Å². The molecule has 0 bridgehead atoms. The predicted molar refractivity (Wildman–Crippen MR) is 172 cm³/mol. The molecule has 0 aromatic carbocycles. The van der Waals surface area contributed by atoms with Gasteiger partial charge in [0.25, 0.3) is 5.56 Å². The van der Waals surface area contributed by atoms with Crippen LogP contribution in [0.1, 0.15) is 31.7 Å². The van der Waals surface area contributed by atoms with Gasteiger partial charge in [-0.25, -0.2) is 18.4 Å². The fourth-order valence-corrected chi connectivity index (χ4v) is 7.53. The molecule has 0 saturated carbocycles. The lowest BCUT2D eigenvalue weighted by Crippen LogP contribution is -2.48. The zero-order valence-electron chi connectivity index (χ0n) is 26.4. The van der Waals surface area contributed by atoms with Crippen molar-refractivity contribution in [3.05, 3.63) is 58.4 Å². The van der Waals surface area contributed by atoms with E-state index in [0.29, 0.717) is 64.4 Å². The first-order valence-corrected chi connectivity index (χ1v) is 17.4. The number of nitrogens with zero attached hydrogens (tertiary/aromatic N) is 8. The Balaban J connectivity index is 1.44. The molecule has 0 amide bonds. The van der Waals surface area contributed by atoms with E-state index in [2.05, 4.69) is 36.8 Å². The Morgan fingerprint density at radius 3 is 2.48 bits per heavy atom. The number of rotatable bonds is 12. The van der Waals surface area contributed by atoms with Gasteiger partial charge in [-0.15, -0.1) is 0 Å². The molecular formula is C31H41N9O5S. The van der Waals surface area contributed by atoms with E-state index in [4.69, 9.17) is 14.5 Å². The molecule has 6 rings (SSSR count). The van der Waals surface area contributed by atoms with E-state index in [0.717, 1.165) is 37.4 Å². The molecule has 0 atom stereocenters. The summed E-state index contributed by atoms with van der Waals surface area (Å²) in [6.45, 7) is 11.1. The van der Waals surface area contributed by atoms with Crippen molar-refractivity contribution in [1.82, 2.24) is 43.8 Å². The molecule has 1 N–H and O–H groups in total. The van der Waals surface area contributed by atoms with Crippen LogP contribution in [0.15, 0.2) is 46.3 Å². The number of ether oxygens (including phenoxy) is 2. The SMILES string of the molecule is CCCc1c2nc(-c3c(S(=O)(=O)N4CCN(CC)CC4)ccnc3OCCN3CCOCC3)[nH]c(=O)c2nn1Cc1ccccn1. The number of sulfonamides is 1. The van der Waals surface area contributed by atoms with Crippen molar-refractivity contribution in [3.63, 3.8) is 0 Å². The maximum absolute atomic E-state index is 14.2. The maximum atomic E-state index is 14.2. The van der Waals surface area contributed by atoms with E-state index in [1.54, 1.807) is 10.9 Å². The van der Waals surface area contributed by atoms with Gasteiger partial charge in [0.1, 0.15) is 22.8 Å². The van der Waals surface area contributed by atoms with Crippen LogP contribution in [0, 0.1) is 0 Å². The number of nitrogens with one attached hydrogen (secondary N) is 1. The summed E-state index contributed by atoms with van der Waals surface area (Å²) in [5, 5.41) is 4.62. The number of likely N-dealkylation sites (N-methyl/N-ethyl adjacent to an activating group) is 1. The van der Waals surface area contributed by atoms with Gasteiger partial charge in [0, 0.05) is 58.2 Å². The van der Waals surface area contributed by atoms with Gasteiger partial charge in [0.2, 0.25) is 15.9 Å². The number of morpholine rings is 1. The van der Waals surface area contributed by atoms with Crippen LogP contribution >= 0.6 is 0 Å². The number of aromatic amines is 1. The third-order valence-corrected chi connectivity index (χ3v) is 10.4. The third-order valence-electron chi connectivity index (χ3n) is 8.49. The van der Waals surface area contributed by atoms with Crippen molar-refractivity contribution in [2.75, 3.05) is 72.2 Å². The number of hydrogen-bond donors (Lipinski definition) is 1. The van der Waals surface area contributed by atoms with Crippen molar-refractivity contribution in [3.8, 4) is 17.3 Å². The first-order chi connectivity index (χ1) is 22.4. The molecule has 0 spiro atoms. The fourth-order valence-electron chi connectivity index (χ4n) is 5.93. The summed E-state index contributed by atoms with van der Waals surface area (Å²) in [6, 6.07) is 7.12. The summed E-state index contributed by atoms with van der Waals surface area (Å²) in [6.07, 6.45) is 4.56. The molecule has 246 valence electrons. The Kier molecular flexibility index (Phi) is 10.0. The van der Waals surface area contributed by atoms with Gasteiger partial charge in [-0.1, -0.05) is 26.3 Å². The number of hydrogen-bond acceptors (Lipinski definition) is 11. The second-order valence-electron chi connectivity index (χ2n) is 11.4. The van der Waals surface area contributed by atoms with Gasteiger partial charge in [0.15, 0.2) is 5.52 Å². The molecule has 2 aliphatic heterocycles. The smallest absolute Gasteiger partial charge is 0.279 e. The monoisotopic (exact) mass is 651 g/mol. The second kappa shape index (κ2) is 14.3. The van der Waals surface area contributed by atoms with E-state index in [1.165, 1.54) is 16.6 Å². The lowest BCUT2D eigenvalue weighted by Gasteiger charge is -2.33. The Labute approximate surface area is 268 Å². The first kappa shape index (κ1) is 32.2. The largest absolute Gasteiger partial charge is 0.476 e. The van der Waals surface area contributed by atoms with Crippen molar-refractivity contribution in [2.45, 2.75) is 38.1 Å². The first-order valence-electron chi connectivity index (χ1n) is 15.9. The number of fused-ring (bicyclic) bond motifs is 1. The van der Waals surface area contributed by atoms with Gasteiger partial charge in [-0.3, -0.25) is 19.4 Å². The number of aromatic nitrogens is 6. The number of H-pyrrole nitrogens is 1. The summed E-state index contributed by atoms with van der Waals surface area (Å²) in [4.78, 5) is 34.7. The zero-order chi connectivity index (χ0) is 32.1. The molecule has 4 aromatic heterocycles. The minimum Gasteiger partial charge on any atom is -0.476 e. The van der Waals surface area contributed by atoms with Crippen LogP contribution in [0.25, 0.3) is 22.4 Å². The van der Waals surface area contributed by atoms with Gasteiger partial charge in [0.05, 0.1) is 36.7 Å². The lowest BCUT2D eigenvalue weighted by atomic mass is 10.2. The Morgan fingerprint density at radius 2 is 1.76 bits per heavy atom. The number of pyridine rings is 2. The van der Waals surface area contributed by atoms with Gasteiger partial charge in [-0.2, -0.15) is 9.40 Å². The minimum atomic E-state index is -3.99. The zero-order valence-corrected chi connectivity index (χ0v) is 27.2. The summed E-state index contributed by atoms with van der Waals surface area (Å²) in [5.74, 6) is 0.175. The topological polar surface area (TPSA) is 152 Å². The standard InChI is InChI=1S/C31H41N9O5S/c1-3-7-24-27-28(36-40(24)22-23-8-5-6-10-32-23)30(41)35-29(34-27)26-25(46(42,43)39-14-12-37(4-2)13-15-39)9-11-33-31(26)45-21-18-38-16-19-44-20-17-38/h5-6,8-11H,3-4,7,12-22H2,1-2H3,(H,34,35,41). The molecule has 46 heavy (non-hydrogen) atoms. The molecular weight excluding hydrogens is 610 g/mol. The van der Waals surface area contributed by atoms with Gasteiger partial charge < -0.3 is 19.4 Å². The Bertz CT molecular complexity index is 1800. The molecule has 6 heterocycles. The maximum Gasteiger partial charge on any atom is 0.279 e. The van der Waals surface area contributed by atoms with Crippen LogP contribution < -0.4 is 10.3 Å². The normalized spacial score (nSPS) is 17.1. The quantitative estimate of drug-likeness (QED) is 0.238. The highest BCUT2D eigenvalue weighted by Gasteiger charge is 2.33. The van der Waals surface area contributed by atoms with E-state index in [1.807, 2.05) is 25.1 Å². The highest BCUT2D eigenvalue weighted by molar-refractivity contribution is 7.89. The summed E-state index contributed by atoms with van der Waals surface area (Å²) < 4.78 is 43.4. The predicted octanol–water partition coefficient (Wildman–Crippen LogP) is 1.61. The second-order valence-corrected chi connectivity index (χ2v) is 13.3. The molecule has 14 nitrogen and oxygen atoms in total. The van der Waals surface area contributed by atoms with Crippen LogP contribution in [0.3, 0.4) is 0 Å². The van der Waals surface area contributed by atoms with E-state index in [-0.39, 0.29) is 34.3 Å². The molecule has 0 radical (unpaired) electrons. The molecule has 4 aromatic rings. The minimum absolute atomic E-state index is 0.00533. The molecule has 0 aliphatic carbocycles. The number of piperazine rings is 1. The van der Waals surface area contributed by atoms with Gasteiger partial charge >= 0.3 is 0 Å². The summed E-state index contributed by atoms with van der Waals surface area (Å²) in [7, 11) is -3.99. The Hall–Kier alpha value is -3.76. The van der Waals surface area contributed by atoms with Crippen LogP contribution in [0.4, 0.5) is 0 Å². The van der Waals surface area contributed by atoms with E-state index < -0.39 is 15.6 Å². The lowest BCUT2D eigenvalue weighted by molar-refractivity contribution is 0.0320. The average molecular weight is 652 g/mol. The fraction of sp³-hybridized carbons (Fsp3) is 0.516. The van der Waals surface area contributed by atoms with E-state index in [9.17, 15) is 13.2 Å². The van der Waals surface area contributed by atoms with Crippen LogP contribution in [-0.2, 0) is 27.7 Å². The third kappa shape index (κ3) is 6.83. The van der Waals surface area contributed by atoms with Crippen molar-refractivity contribution in [1.29, 1.82) is 0 Å². The summed E-state index contributed by atoms with van der Waals surface area (Å²) in [5.41, 5.74) is 1.83. The summed E-state index contributed by atoms with van der Waals surface area (Å²) >= 11 is 0. The number of aryl methyl sites for hydroxylation is 1. The van der Waals surface area contributed by atoms with Crippen LogP contribution in [-0.4, -0.2) is 124 Å².